The van der Waals surface area contributed by atoms with E-state index in [0.29, 0.717) is 41.4 Å². The fourth-order valence-corrected chi connectivity index (χ4v) is 5.53. The van der Waals surface area contributed by atoms with Crippen molar-refractivity contribution < 1.29 is 38.2 Å². The van der Waals surface area contributed by atoms with E-state index in [2.05, 4.69) is 9.88 Å². The first-order chi connectivity index (χ1) is 16.2. The zero-order valence-electron chi connectivity index (χ0n) is 20.0. The molecule has 0 fully saturated rings. The lowest BCUT2D eigenvalue weighted by molar-refractivity contribution is 0.0926. The summed E-state index contributed by atoms with van der Waals surface area (Å²) in [6.07, 6.45) is 1.29. The molecule has 0 spiro atoms. The molecule has 11 nitrogen and oxygen atoms in total. The van der Waals surface area contributed by atoms with E-state index in [-0.39, 0.29) is 0 Å². The number of pyridine rings is 1. The van der Waals surface area contributed by atoms with E-state index in [4.69, 9.17) is 16.3 Å². The average molecular weight is 552 g/mol. The van der Waals surface area contributed by atoms with E-state index in [1.54, 1.807) is 25.1 Å². The van der Waals surface area contributed by atoms with Gasteiger partial charge in [-0.2, -0.15) is 0 Å². The number of amides is 1. The second-order valence-corrected chi connectivity index (χ2v) is 12.9. The maximum Gasteiger partial charge on any atom is 0.416 e. The van der Waals surface area contributed by atoms with Crippen LogP contribution in [0.3, 0.4) is 0 Å². The Balaban J connectivity index is 2.53. The summed E-state index contributed by atoms with van der Waals surface area (Å²) in [6.45, 7) is 8.80. The Morgan fingerprint density at radius 1 is 1.14 bits per heavy atom. The normalized spacial score (nSPS) is 13.8. The van der Waals surface area contributed by atoms with Gasteiger partial charge in [0.1, 0.15) is 0 Å². The van der Waals surface area contributed by atoms with Crippen molar-refractivity contribution >= 4 is 49.5 Å². The minimum absolute atomic E-state index is 0.297. The van der Waals surface area contributed by atoms with Gasteiger partial charge in [-0.1, -0.05) is 25.4 Å². The minimum atomic E-state index is -5.59. The molecule has 35 heavy (non-hydrogen) atoms. The second kappa shape index (κ2) is 11.7. The van der Waals surface area contributed by atoms with E-state index in [0.717, 1.165) is 24.5 Å². The zero-order valence-corrected chi connectivity index (χ0v) is 22.6. The standard InChI is InChI=1S/C21H32ClN3O8P2/c1-5-24(6-2)13-7-8-15(3)25(19-11-12-23-18-14-16(22)9-10-17(18)19)20(26)33-21(4,34(27,28)29)35(30,31)32/h9-12,14-15H,5-8,13H2,1-4H3,(H2,27,28,29)(H2,30,31,32). The van der Waals surface area contributed by atoms with Gasteiger partial charge in [0.15, 0.2) is 0 Å². The molecule has 196 valence electrons. The second-order valence-electron chi connectivity index (χ2n) is 8.27. The number of carbonyl (C=O) groups excluding carboxylic acids is 1. The molecule has 0 aliphatic rings. The molecule has 1 atom stereocenters. The first-order valence-electron chi connectivity index (χ1n) is 11.1. The third kappa shape index (κ3) is 6.81. The summed E-state index contributed by atoms with van der Waals surface area (Å²) in [5, 5.41) is -2.44. The average Bonchev–Trinajstić information content (AvgIpc) is 2.75. The van der Waals surface area contributed by atoms with Crippen LogP contribution in [0, 0.1) is 0 Å². The minimum Gasteiger partial charge on any atom is -0.416 e. The Kier molecular flexibility index (Phi) is 9.89. The summed E-state index contributed by atoms with van der Waals surface area (Å²) in [5.74, 6) is 0. The Morgan fingerprint density at radius 2 is 1.74 bits per heavy atom. The predicted octanol–water partition coefficient (Wildman–Crippen LogP) is 4.37. The highest BCUT2D eigenvalue weighted by Crippen LogP contribution is 2.69. The number of halogens is 1. The summed E-state index contributed by atoms with van der Waals surface area (Å²) >= 11 is 6.07. The topological polar surface area (TPSA) is 161 Å². The number of aromatic nitrogens is 1. The molecule has 0 saturated heterocycles. The lowest BCUT2D eigenvalue weighted by Crippen LogP contribution is -2.44. The fourth-order valence-electron chi connectivity index (χ4n) is 3.61. The van der Waals surface area contributed by atoms with Crippen molar-refractivity contribution in [3.05, 3.63) is 35.5 Å². The summed E-state index contributed by atoms with van der Waals surface area (Å²) in [5.41, 5.74) is 0.752. The molecule has 0 radical (unpaired) electrons. The quantitative estimate of drug-likeness (QED) is 0.295. The van der Waals surface area contributed by atoms with Crippen molar-refractivity contribution in [3.8, 4) is 0 Å². The molecule has 4 N–H and O–H groups in total. The summed E-state index contributed by atoms with van der Waals surface area (Å²) in [4.78, 5) is 59.6. The predicted molar refractivity (Wildman–Crippen MR) is 135 cm³/mol. The van der Waals surface area contributed by atoms with Gasteiger partial charge in [0.2, 0.25) is 0 Å². The number of hydrogen-bond acceptors (Lipinski definition) is 6. The lowest BCUT2D eigenvalue weighted by Gasteiger charge is -2.35. The number of hydrogen-bond donors (Lipinski definition) is 4. The zero-order chi connectivity index (χ0) is 26.6. The molecule has 1 heterocycles. The third-order valence-corrected chi connectivity index (χ3v) is 10.1. The lowest BCUT2D eigenvalue weighted by atomic mass is 10.1. The largest absolute Gasteiger partial charge is 0.416 e. The van der Waals surface area contributed by atoms with Gasteiger partial charge >= 0.3 is 26.4 Å². The molecule has 1 unspecified atom stereocenters. The van der Waals surface area contributed by atoms with Crippen molar-refractivity contribution in [2.75, 3.05) is 24.5 Å². The molecule has 14 heteroatoms. The number of carbonyl (C=O) groups is 1. The van der Waals surface area contributed by atoms with Gasteiger partial charge in [0.25, 0.3) is 0 Å². The van der Waals surface area contributed by atoms with Gasteiger partial charge in [0.05, 0.1) is 11.2 Å². The van der Waals surface area contributed by atoms with E-state index >= 15 is 0 Å². The van der Waals surface area contributed by atoms with Crippen LogP contribution in [0.4, 0.5) is 10.5 Å². The van der Waals surface area contributed by atoms with E-state index in [1.165, 1.54) is 12.3 Å². The van der Waals surface area contributed by atoms with Crippen LogP contribution in [0.5, 0.6) is 0 Å². The number of benzene rings is 1. The van der Waals surface area contributed by atoms with Crippen LogP contribution in [0.25, 0.3) is 10.9 Å². The monoisotopic (exact) mass is 551 g/mol. The van der Waals surface area contributed by atoms with Crippen LogP contribution in [-0.2, 0) is 13.9 Å². The Labute approximate surface area is 209 Å². The number of anilines is 1. The van der Waals surface area contributed by atoms with E-state index in [1.807, 2.05) is 13.8 Å². The number of fused-ring (bicyclic) bond motifs is 1. The van der Waals surface area contributed by atoms with Gasteiger partial charge in [-0.15, -0.1) is 0 Å². The fraction of sp³-hybridized carbons (Fsp3) is 0.524. The highest BCUT2D eigenvalue weighted by atomic mass is 35.5. The van der Waals surface area contributed by atoms with Crippen molar-refractivity contribution in [2.24, 2.45) is 0 Å². The SMILES string of the molecule is CCN(CC)CCCC(C)N(C(=O)OC(C)(P(=O)(O)O)P(=O)(O)O)c1ccnc2cc(Cl)ccc12. The molecule has 1 aromatic carbocycles. The number of nitrogens with zero attached hydrogens (tertiary/aromatic N) is 3. The molecule has 1 amide bonds. The van der Waals surface area contributed by atoms with E-state index < -0.39 is 32.4 Å². The highest BCUT2D eigenvalue weighted by molar-refractivity contribution is 7.72. The maximum absolute atomic E-state index is 13.4. The van der Waals surface area contributed by atoms with Gasteiger partial charge < -0.3 is 29.2 Å². The van der Waals surface area contributed by atoms with Crippen molar-refractivity contribution in [1.29, 1.82) is 0 Å². The van der Waals surface area contributed by atoms with Gasteiger partial charge in [-0.3, -0.25) is 19.0 Å². The van der Waals surface area contributed by atoms with Crippen LogP contribution >= 0.6 is 26.8 Å². The van der Waals surface area contributed by atoms with E-state index in [9.17, 15) is 33.5 Å². The maximum atomic E-state index is 13.4. The number of rotatable bonds is 11. The Hall–Kier alpha value is -1.55. The van der Waals surface area contributed by atoms with Gasteiger partial charge in [-0.25, -0.2) is 4.79 Å². The van der Waals surface area contributed by atoms with Crippen molar-refractivity contribution in [3.63, 3.8) is 0 Å². The van der Waals surface area contributed by atoms with Gasteiger partial charge in [0, 0.05) is 22.6 Å². The molecule has 0 bridgehead atoms. The molecule has 2 rings (SSSR count). The molecule has 2 aromatic rings. The van der Waals surface area contributed by atoms with Crippen molar-refractivity contribution in [1.82, 2.24) is 9.88 Å². The molecular weight excluding hydrogens is 520 g/mol. The molecule has 1 aromatic heterocycles. The first-order valence-corrected chi connectivity index (χ1v) is 14.7. The summed E-state index contributed by atoms with van der Waals surface area (Å²) in [6, 6.07) is 5.78. The van der Waals surface area contributed by atoms with Crippen LogP contribution in [0.1, 0.15) is 40.5 Å². The first kappa shape index (κ1) is 29.7. The Bertz CT molecular complexity index is 1110. The Morgan fingerprint density at radius 3 is 2.29 bits per heavy atom. The van der Waals surface area contributed by atoms with Crippen LogP contribution < -0.4 is 4.90 Å². The van der Waals surface area contributed by atoms with Crippen LogP contribution in [0.15, 0.2) is 30.5 Å². The smallest absolute Gasteiger partial charge is 0.416 e. The third-order valence-electron chi connectivity index (χ3n) is 5.93. The molecule has 0 aliphatic heterocycles. The summed E-state index contributed by atoms with van der Waals surface area (Å²) < 4.78 is 29.0. The van der Waals surface area contributed by atoms with Crippen LogP contribution in [0.2, 0.25) is 5.02 Å². The van der Waals surface area contributed by atoms with Crippen LogP contribution in [-0.4, -0.2) is 66.3 Å². The van der Waals surface area contributed by atoms with Crippen molar-refractivity contribution in [2.45, 2.75) is 51.7 Å². The molecule has 0 saturated carbocycles. The molecular formula is C21H32ClN3O8P2. The summed E-state index contributed by atoms with van der Waals surface area (Å²) in [7, 11) is -11.2. The highest BCUT2D eigenvalue weighted by Gasteiger charge is 2.61. The number of ether oxygens (including phenoxy) is 1. The van der Waals surface area contributed by atoms with Gasteiger partial charge in [-0.05, 0) is 70.6 Å². The molecule has 0 aliphatic carbocycles.